The molecule has 1 aromatic carbocycles. The molecule has 0 saturated carbocycles. The average Bonchev–Trinajstić information content (AvgIpc) is 3.15. The molecule has 0 bridgehead atoms. The summed E-state index contributed by atoms with van der Waals surface area (Å²) in [5, 5.41) is 12.8. The van der Waals surface area contributed by atoms with Gasteiger partial charge in [-0.15, -0.1) is 10.2 Å². The number of urea groups is 1. The number of nitrogens with one attached hydrogen (secondary N) is 2. The van der Waals surface area contributed by atoms with Crippen LogP contribution in [0, 0.1) is 18.6 Å². The quantitative estimate of drug-likeness (QED) is 0.344. The molecule has 0 aliphatic rings. The third-order valence-electron chi connectivity index (χ3n) is 4.03. The molecule has 2 N–H and O–H groups in total. The van der Waals surface area contributed by atoms with Crippen molar-refractivity contribution < 1.29 is 13.6 Å². The Bertz CT molecular complexity index is 1340. The van der Waals surface area contributed by atoms with Gasteiger partial charge in [0.15, 0.2) is 4.34 Å². The predicted molar refractivity (Wildman–Crippen MR) is 115 cm³/mol. The third-order valence-corrected chi connectivity index (χ3v) is 6.03. The van der Waals surface area contributed by atoms with Gasteiger partial charge in [-0.25, -0.2) is 18.6 Å². The smallest absolute Gasteiger partial charge is 0.305 e. The van der Waals surface area contributed by atoms with Crippen molar-refractivity contribution in [2.24, 2.45) is 0 Å². The van der Waals surface area contributed by atoms with Crippen LogP contribution in [-0.4, -0.2) is 25.6 Å². The fourth-order valence-corrected chi connectivity index (χ4v) is 4.26. The highest BCUT2D eigenvalue weighted by Crippen LogP contribution is 2.28. The van der Waals surface area contributed by atoms with Crippen molar-refractivity contribution in [2.75, 3.05) is 10.6 Å². The van der Waals surface area contributed by atoms with Gasteiger partial charge in [0.2, 0.25) is 5.13 Å². The largest absolute Gasteiger partial charge is 0.325 e. The van der Waals surface area contributed by atoms with Crippen LogP contribution in [0.2, 0.25) is 0 Å². The molecule has 0 radical (unpaired) electrons. The van der Waals surface area contributed by atoms with Gasteiger partial charge in [0.05, 0.1) is 11.4 Å². The molecule has 0 aliphatic carbocycles. The van der Waals surface area contributed by atoms with Gasteiger partial charge in [-0.05, 0) is 36.8 Å². The molecule has 0 fully saturated rings. The summed E-state index contributed by atoms with van der Waals surface area (Å²) in [5.74, 6) is -1.24. The molecule has 31 heavy (non-hydrogen) atoms. The molecular formula is C19H14F2N6O2S2. The summed E-state index contributed by atoms with van der Waals surface area (Å²) in [4.78, 5) is 28.7. The highest BCUT2D eigenvalue weighted by Gasteiger charge is 2.12. The standard InChI is InChI=1S/C19H14F2N6O2S2/c1-10-4-5-27-15(6-10)22-12(8-16(27)28)9-30-19-26-25-18(31-19)24-17(29)23-14-3-2-11(20)7-13(14)21/h2-8H,9H2,1H3,(H2,23,24,25,29). The van der Waals surface area contributed by atoms with E-state index in [2.05, 4.69) is 25.8 Å². The van der Waals surface area contributed by atoms with E-state index in [0.717, 1.165) is 29.0 Å². The second-order valence-electron chi connectivity index (χ2n) is 6.38. The number of aryl methyl sites for hydroxylation is 1. The summed E-state index contributed by atoms with van der Waals surface area (Å²) in [6.45, 7) is 1.92. The van der Waals surface area contributed by atoms with Gasteiger partial charge in [-0.2, -0.15) is 0 Å². The number of thioether (sulfide) groups is 1. The molecule has 158 valence electrons. The van der Waals surface area contributed by atoms with Crippen molar-refractivity contribution in [2.45, 2.75) is 17.0 Å². The van der Waals surface area contributed by atoms with E-state index in [4.69, 9.17) is 0 Å². The van der Waals surface area contributed by atoms with Gasteiger partial charge >= 0.3 is 6.03 Å². The van der Waals surface area contributed by atoms with E-state index in [9.17, 15) is 18.4 Å². The molecule has 2 amide bonds. The second-order valence-corrected chi connectivity index (χ2v) is 8.58. The van der Waals surface area contributed by atoms with Crippen molar-refractivity contribution in [1.29, 1.82) is 0 Å². The van der Waals surface area contributed by atoms with Gasteiger partial charge < -0.3 is 5.32 Å². The number of carbonyl (C=O) groups excluding carboxylic acids is 1. The maximum absolute atomic E-state index is 13.6. The zero-order valence-electron chi connectivity index (χ0n) is 15.9. The van der Waals surface area contributed by atoms with E-state index in [1.54, 1.807) is 6.20 Å². The normalized spacial score (nSPS) is 10.9. The molecule has 4 aromatic rings. The zero-order valence-corrected chi connectivity index (χ0v) is 17.6. The molecule has 12 heteroatoms. The Morgan fingerprint density at radius 2 is 2.00 bits per heavy atom. The summed E-state index contributed by atoms with van der Waals surface area (Å²) in [7, 11) is 0. The number of fused-ring (bicyclic) bond motifs is 1. The first kappa shape index (κ1) is 20.9. The number of nitrogens with zero attached hydrogens (tertiary/aromatic N) is 4. The highest BCUT2D eigenvalue weighted by atomic mass is 32.2. The SMILES string of the molecule is Cc1ccn2c(=O)cc(CSc3nnc(NC(=O)Nc4ccc(F)cc4F)s3)nc2c1. The minimum absolute atomic E-state index is 0.165. The van der Waals surface area contributed by atoms with E-state index < -0.39 is 17.7 Å². The number of carbonyl (C=O) groups is 1. The van der Waals surface area contributed by atoms with E-state index in [1.807, 2.05) is 19.1 Å². The van der Waals surface area contributed by atoms with Gasteiger partial charge in [-0.1, -0.05) is 23.1 Å². The lowest BCUT2D eigenvalue weighted by atomic mass is 10.3. The summed E-state index contributed by atoms with van der Waals surface area (Å²) >= 11 is 2.42. The Labute approximate surface area is 182 Å². The molecule has 0 spiro atoms. The van der Waals surface area contributed by atoms with Crippen LogP contribution in [0.5, 0.6) is 0 Å². The van der Waals surface area contributed by atoms with Crippen LogP contribution < -0.4 is 16.2 Å². The average molecular weight is 460 g/mol. The van der Waals surface area contributed by atoms with Crippen LogP contribution in [0.15, 0.2) is 51.7 Å². The monoisotopic (exact) mass is 460 g/mol. The van der Waals surface area contributed by atoms with E-state index in [-0.39, 0.29) is 16.4 Å². The third kappa shape index (κ3) is 5.03. The van der Waals surface area contributed by atoms with Crippen LogP contribution in [0.3, 0.4) is 0 Å². The molecule has 0 saturated heterocycles. The number of hydrogen-bond donors (Lipinski definition) is 2. The van der Waals surface area contributed by atoms with Crippen molar-refractivity contribution in [1.82, 2.24) is 19.6 Å². The van der Waals surface area contributed by atoms with Gasteiger partial charge in [0, 0.05) is 24.1 Å². The number of rotatable bonds is 5. The number of aromatic nitrogens is 4. The van der Waals surface area contributed by atoms with Gasteiger partial charge in [0.1, 0.15) is 17.3 Å². The van der Waals surface area contributed by atoms with Crippen LogP contribution in [0.1, 0.15) is 11.3 Å². The topological polar surface area (TPSA) is 101 Å². The Morgan fingerprint density at radius 3 is 2.81 bits per heavy atom. The Balaban J connectivity index is 1.38. The maximum atomic E-state index is 13.6. The zero-order chi connectivity index (χ0) is 22.0. The van der Waals surface area contributed by atoms with E-state index in [1.165, 1.54) is 22.2 Å². The fraction of sp³-hybridized carbons (Fsp3) is 0.105. The lowest BCUT2D eigenvalue weighted by molar-refractivity contribution is 0.262. The molecule has 0 atom stereocenters. The molecule has 3 heterocycles. The fourth-order valence-electron chi connectivity index (χ4n) is 2.62. The van der Waals surface area contributed by atoms with Gasteiger partial charge in [0.25, 0.3) is 5.56 Å². The highest BCUT2D eigenvalue weighted by molar-refractivity contribution is 8.00. The molecule has 0 unspecified atom stereocenters. The molecule has 4 rings (SSSR count). The lowest BCUT2D eigenvalue weighted by Gasteiger charge is -2.06. The molecule has 3 aromatic heterocycles. The lowest BCUT2D eigenvalue weighted by Crippen LogP contribution is -2.20. The Hall–Kier alpha value is -3.38. The van der Waals surface area contributed by atoms with Gasteiger partial charge in [-0.3, -0.25) is 14.5 Å². The maximum Gasteiger partial charge on any atom is 0.325 e. The first-order chi connectivity index (χ1) is 14.9. The van der Waals surface area contributed by atoms with Crippen LogP contribution in [-0.2, 0) is 5.75 Å². The number of hydrogen-bond acceptors (Lipinski definition) is 7. The number of benzene rings is 1. The summed E-state index contributed by atoms with van der Waals surface area (Å²) < 4.78 is 28.6. The van der Waals surface area contributed by atoms with E-state index in [0.29, 0.717) is 27.5 Å². The number of amides is 2. The number of halogens is 2. The first-order valence-electron chi connectivity index (χ1n) is 8.86. The van der Waals surface area contributed by atoms with E-state index >= 15 is 0 Å². The minimum atomic E-state index is -0.891. The Kier molecular flexibility index (Phi) is 5.91. The Morgan fingerprint density at radius 1 is 1.16 bits per heavy atom. The van der Waals surface area contributed by atoms with Crippen LogP contribution in [0.4, 0.5) is 24.4 Å². The molecular weight excluding hydrogens is 446 g/mol. The summed E-state index contributed by atoms with van der Waals surface area (Å²) in [6.07, 6.45) is 1.68. The minimum Gasteiger partial charge on any atom is -0.305 e. The molecule has 0 aliphatic heterocycles. The van der Waals surface area contributed by atoms with Crippen molar-refractivity contribution in [3.63, 3.8) is 0 Å². The first-order valence-corrected chi connectivity index (χ1v) is 10.7. The predicted octanol–water partition coefficient (Wildman–Crippen LogP) is 4.07. The van der Waals surface area contributed by atoms with Crippen LogP contribution >= 0.6 is 23.1 Å². The molecule has 8 nitrogen and oxygen atoms in total. The van der Waals surface area contributed by atoms with Crippen molar-refractivity contribution >= 4 is 45.6 Å². The number of pyridine rings is 1. The van der Waals surface area contributed by atoms with Crippen molar-refractivity contribution in [3.05, 3.63) is 75.8 Å². The summed E-state index contributed by atoms with van der Waals surface area (Å²) in [6, 6.07) is 7.20. The summed E-state index contributed by atoms with van der Waals surface area (Å²) in [5.41, 5.74) is 1.81. The number of anilines is 2. The van der Waals surface area contributed by atoms with Crippen molar-refractivity contribution in [3.8, 4) is 0 Å². The van der Waals surface area contributed by atoms with Crippen LogP contribution in [0.25, 0.3) is 5.65 Å². The second kappa shape index (κ2) is 8.78.